The predicted octanol–water partition coefficient (Wildman–Crippen LogP) is 2.37. The maximum Gasteiger partial charge on any atom is 0.310 e. The highest BCUT2D eigenvalue weighted by Crippen LogP contribution is 2.34. The zero-order valence-corrected chi connectivity index (χ0v) is 16.1. The molecule has 1 aromatic carbocycles. The van der Waals surface area contributed by atoms with Crippen molar-refractivity contribution in [2.75, 3.05) is 33.2 Å². The molecule has 0 amide bonds. The number of carboxylic acid groups (broad SMARTS) is 1. The van der Waals surface area contributed by atoms with Crippen molar-refractivity contribution in [1.29, 1.82) is 0 Å². The van der Waals surface area contributed by atoms with Crippen molar-refractivity contribution in [2.45, 2.75) is 42.9 Å². The van der Waals surface area contributed by atoms with Crippen molar-refractivity contribution in [1.82, 2.24) is 9.21 Å². The Balaban J connectivity index is 1.74. The first-order valence-corrected chi connectivity index (χ1v) is 10.8. The fourth-order valence-corrected chi connectivity index (χ4v) is 5.43. The summed E-state index contributed by atoms with van der Waals surface area (Å²) < 4.78 is 27.1. The molecule has 3 rings (SSSR count). The first kappa shape index (κ1) is 19.3. The molecule has 0 bridgehead atoms. The molecule has 2 fully saturated rings. The van der Waals surface area contributed by atoms with Crippen molar-refractivity contribution in [3.8, 4) is 0 Å². The molecule has 1 atom stereocenters. The number of piperazine rings is 1. The van der Waals surface area contributed by atoms with E-state index < -0.39 is 21.9 Å². The number of likely N-dealkylation sites (N-methyl/N-ethyl adjacent to an activating group) is 1. The van der Waals surface area contributed by atoms with Gasteiger partial charge in [-0.3, -0.25) is 4.79 Å². The lowest BCUT2D eigenvalue weighted by Gasteiger charge is -2.31. The lowest BCUT2D eigenvalue weighted by atomic mass is 9.88. The molecular formula is C19H28N2O4S. The number of carboxylic acids is 1. The highest BCUT2D eigenvalue weighted by atomic mass is 32.2. The van der Waals surface area contributed by atoms with Gasteiger partial charge in [-0.15, -0.1) is 0 Å². The number of benzene rings is 1. The largest absolute Gasteiger partial charge is 0.481 e. The topological polar surface area (TPSA) is 77.9 Å². The summed E-state index contributed by atoms with van der Waals surface area (Å²) in [6, 6.07) is 6.48. The second kappa shape index (κ2) is 8.06. The summed E-state index contributed by atoms with van der Waals surface area (Å²) in [4.78, 5) is 14.1. The summed E-state index contributed by atoms with van der Waals surface area (Å²) in [5.74, 6) is -0.921. The smallest absolute Gasteiger partial charge is 0.310 e. The second-order valence-corrected chi connectivity index (χ2v) is 9.49. The average molecular weight is 381 g/mol. The van der Waals surface area contributed by atoms with Crippen LogP contribution < -0.4 is 0 Å². The van der Waals surface area contributed by atoms with Crippen molar-refractivity contribution >= 4 is 16.0 Å². The van der Waals surface area contributed by atoms with Crippen molar-refractivity contribution in [3.05, 3.63) is 29.8 Å². The minimum absolute atomic E-state index is 0.246. The standard InChI is InChI=1S/C19H28N2O4S/c1-20-10-12-21(13-11-20)26(24,25)17-8-6-16(7-9-17)18(19(22)23)14-15-4-2-3-5-15/h6-9,15,18H,2-5,10-14H2,1H3,(H,22,23)/t18-/m0/s1. The fourth-order valence-electron chi connectivity index (χ4n) is 4.01. The molecule has 1 saturated heterocycles. The molecule has 1 aromatic rings. The van der Waals surface area contributed by atoms with E-state index in [1.54, 1.807) is 24.3 Å². The number of carbonyl (C=O) groups is 1. The molecule has 7 heteroatoms. The van der Waals surface area contributed by atoms with Crippen LogP contribution in [0.15, 0.2) is 29.2 Å². The van der Waals surface area contributed by atoms with Gasteiger partial charge in [0.15, 0.2) is 0 Å². The number of sulfonamides is 1. The quantitative estimate of drug-likeness (QED) is 0.820. The van der Waals surface area contributed by atoms with Gasteiger partial charge in [0.1, 0.15) is 0 Å². The molecule has 0 spiro atoms. The third kappa shape index (κ3) is 4.27. The van der Waals surface area contributed by atoms with E-state index in [-0.39, 0.29) is 4.90 Å². The van der Waals surface area contributed by atoms with Crippen LogP contribution in [0.3, 0.4) is 0 Å². The van der Waals surface area contributed by atoms with E-state index in [9.17, 15) is 18.3 Å². The number of hydrogen-bond donors (Lipinski definition) is 1. The van der Waals surface area contributed by atoms with Gasteiger partial charge in [-0.1, -0.05) is 37.8 Å². The molecule has 26 heavy (non-hydrogen) atoms. The molecule has 1 heterocycles. The number of nitrogens with zero attached hydrogens (tertiary/aromatic N) is 2. The normalized spacial score (nSPS) is 21.7. The Morgan fingerprint density at radius 2 is 1.69 bits per heavy atom. The minimum Gasteiger partial charge on any atom is -0.481 e. The van der Waals surface area contributed by atoms with Crippen LogP contribution in [0, 0.1) is 5.92 Å². The molecule has 0 radical (unpaired) electrons. The summed E-state index contributed by atoms with van der Waals surface area (Å²) in [5.41, 5.74) is 0.696. The maximum absolute atomic E-state index is 12.8. The fraction of sp³-hybridized carbons (Fsp3) is 0.632. The molecule has 1 aliphatic carbocycles. The SMILES string of the molecule is CN1CCN(S(=O)(=O)c2ccc([C@H](CC3CCCC3)C(=O)O)cc2)CC1. The first-order valence-electron chi connectivity index (χ1n) is 9.39. The van der Waals surface area contributed by atoms with Crippen LogP contribution in [0.2, 0.25) is 0 Å². The van der Waals surface area contributed by atoms with Crippen LogP contribution in [0.25, 0.3) is 0 Å². The minimum atomic E-state index is -3.51. The third-order valence-electron chi connectivity index (χ3n) is 5.72. The highest BCUT2D eigenvalue weighted by molar-refractivity contribution is 7.89. The maximum atomic E-state index is 12.8. The average Bonchev–Trinajstić information content (AvgIpc) is 3.13. The summed E-state index contributed by atoms with van der Waals surface area (Å²) in [7, 11) is -1.53. The molecular weight excluding hydrogens is 352 g/mol. The summed E-state index contributed by atoms with van der Waals surface area (Å²) >= 11 is 0. The van der Waals surface area contributed by atoms with E-state index in [1.807, 2.05) is 7.05 Å². The molecule has 144 valence electrons. The molecule has 6 nitrogen and oxygen atoms in total. The summed E-state index contributed by atoms with van der Waals surface area (Å²) in [5, 5.41) is 9.61. The molecule has 1 saturated carbocycles. The molecule has 0 aromatic heterocycles. The van der Waals surface area contributed by atoms with Gasteiger partial charge in [0.2, 0.25) is 10.0 Å². The molecule has 2 aliphatic rings. The zero-order valence-electron chi connectivity index (χ0n) is 15.3. The summed E-state index contributed by atoms with van der Waals surface area (Å²) in [6.07, 6.45) is 5.19. The van der Waals surface area contributed by atoms with Crippen molar-refractivity contribution in [2.24, 2.45) is 5.92 Å². The van der Waals surface area contributed by atoms with Crippen LogP contribution in [0.1, 0.15) is 43.6 Å². The van der Waals surface area contributed by atoms with Crippen LogP contribution in [0.5, 0.6) is 0 Å². The van der Waals surface area contributed by atoms with E-state index in [2.05, 4.69) is 4.90 Å². The van der Waals surface area contributed by atoms with Crippen LogP contribution in [-0.4, -0.2) is 61.9 Å². The van der Waals surface area contributed by atoms with Gasteiger partial charge in [0, 0.05) is 26.2 Å². The number of rotatable bonds is 6. The van der Waals surface area contributed by atoms with Gasteiger partial charge in [-0.05, 0) is 37.1 Å². The second-order valence-electron chi connectivity index (χ2n) is 7.55. The van der Waals surface area contributed by atoms with E-state index in [0.29, 0.717) is 31.0 Å². The van der Waals surface area contributed by atoms with Gasteiger partial charge in [0.25, 0.3) is 0 Å². The lowest BCUT2D eigenvalue weighted by Crippen LogP contribution is -2.47. The Morgan fingerprint density at radius 1 is 1.12 bits per heavy atom. The monoisotopic (exact) mass is 380 g/mol. The van der Waals surface area contributed by atoms with Crippen LogP contribution in [-0.2, 0) is 14.8 Å². The van der Waals surface area contributed by atoms with E-state index in [1.165, 1.54) is 17.1 Å². The third-order valence-corrected chi connectivity index (χ3v) is 7.64. The Labute approximate surface area is 155 Å². The van der Waals surface area contributed by atoms with Crippen molar-refractivity contribution in [3.63, 3.8) is 0 Å². The van der Waals surface area contributed by atoms with Gasteiger partial charge in [-0.25, -0.2) is 8.42 Å². The molecule has 0 unspecified atom stereocenters. The van der Waals surface area contributed by atoms with Gasteiger partial charge >= 0.3 is 5.97 Å². The van der Waals surface area contributed by atoms with E-state index >= 15 is 0 Å². The Kier molecular flexibility index (Phi) is 5.99. The Hall–Kier alpha value is -1.44. The Morgan fingerprint density at radius 3 is 2.23 bits per heavy atom. The number of aliphatic carboxylic acids is 1. The van der Waals surface area contributed by atoms with Crippen LogP contribution >= 0.6 is 0 Å². The molecule has 1 N–H and O–H groups in total. The van der Waals surface area contributed by atoms with Gasteiger partial charge in [0.05, 0.1) is 10.8 Å². The number of hydrogen-bond acceptors (Lipinski definition) is 4. The lowest BCUT2D eigenvalue weighted by molar-refractivity contribution is -0.139. The predicted molar refractivity (Wildman–Crippen MR) is 99.6 cm³/mol. The zero-order chi connectivity index (χ0) is 18.7. The van der Waals surface area contributed by atoms with E-state index in [4.69, 9.17) is 0 Å². The highest BCUT2D eigenvalue weighted by Gasteiger charge is 2.29. The molecule has 1 aliphatic heterocycles. The van der Waals surface area contributed by atoms with Gasteiger partial charge < -0.3 is 10.0 Å². The first-order chi connectivity index (χ1) is 12.4. The Bertz CT molecular complexity index is 718. The summed E-state index contributed by atoms with van der Waals surface area (Å²) in [6.45, 7) is 2.42. The van der Waals surface area contributed by atoms with E-state index in [0.717, 1.165) is 25.9 Å². The van der Waals surface area contributed by atoms with Crippen LogP contribution in [0.4, 0.5) is 0 Å². The van der Waals surface area contributed by atoms with Gasteiger partial charge in [-0.2, -0.15) is 4.31 Å². The van der Waals surface area contributed by atoms with Crippen molar-refractivity contribution < 1.29 is 18.3 Å².